The fourth-order valence-electron chi connectivity index (χ4n) is 4.60. The van der Waals surface area contributed by atoms with E-state index < -0.39 is 11.0 Å². The molecule has 1 N–H and O–H groups in total. The molecule has 3 atom stereocenters. The summed E-state index contributed by atoms with van der Waals surface area (Å²) in [5.74, 6) is -0.323. The Morgan fingerprint density at radius 3 is 2.68 bits per heavy atom. The van der Waals surface area contributed by atoms with Gasteiger partial charge in [0.15, 0.2) is 5.78 Å². The van der Waals surface area contributed by atoms with Crippen LogP contribution in [0.5, 0.6) is 0 Å². The summed E-state index contributed by atoms with van der Waals surface area (Å²) in [7, 11) is 1.36. The van der Waals surface area contributed by atoms with Crippen molar-refractivity contribution in [2.75, 3.05) is 7.11 Å². The molecule has 4 heteroatoms. The minimum absolute atomic E-state index is 0.0842. The molecule has 2 aliphatic rings. The number of aliphatic hydroxyl groups is 1. The predicted octanol–water partition coefficient (Wildman–Crippen LogP) is 3.67. The van der Waals surface area contributed by atoms with Crippen LogP contribution in [0.1, 0.15) is 46.5 Å². The molecule has 0 heterocycles. The van der Waals surface area contributed by atoms with Crippen molar-refractivity contribution in [1.29, 1.82) is 0 Å². The van der Waals surface area contributed by atoms with Gasteiger partial charge in [-0.25, -0.2) is 0 Å². The summed E-state index contributed by atoms with van der Waals surface area (Å²) in [6.07, 6.45) is 5.11. The zero-order valence-corrected chi connectivity index (χ0v) is 15.6. The second-order valence-corrected chi connectivity index (χ2v) is 7.46. The van der Waals surface area contributed by atoms with Crippen molar-refractivity contribution in [3.63, 3.8) is 0 Å². The highest BCUT2D eigenvalue weighted by Gasteiger charge is 2.54. The molecule has 4 nitrogen and oxygen atoms in total. The van der Waals surface area contributed by atoms with Crippen molar-refractivity contribution in [3.05, 3.63) is 47.6 Å². The van der Waals surface area contributed by atoms with E-state index in [1.165, 1.54) is 7.11 Å². The van der Waals surface area contributed by atoms with Gasteiger partial charge in [-0.05, 0) is 61.7 Å². The average molecular weight is 344 g/mol. The Hall–Kier alpha value is -1.94. The summed E-state index contributed by atoms with van der Waals surface area (Å²) in [6.45, 7) is 13.6. The quantitative estimate of drug-likeness (QED) is 0.610. The third kappa shape index (κ3) is 3.04. The predicted molar refractivity (Wildman–Crippen MR) is 97.8 cm³/mol. The van der Waals surface area contributed by atoms with E-state index in [2.05, 4.69) is 13.2 Å². The van der Waals surface area contributed by atoms with E-state index in [1.807, 2.05) is 13.8 Å². The lowest BCUT2D eigenvalue weighted by atomic mass is 9.53. The minimum atomic E-state index is -1.21. The van der Waals surface area contributed by atoms with Gasteiger partial charge in [0.1, 0.15) is 5.60 Å². The Morgan fingerprint density at radius 1 is 1.52 bits per heavy atom. The maximum atomic E-state index is 12.5. The summed E-state index contributed by atoms with van der Waals surface area (Å²) < 4.78 is 4.79. The smallest absolute Gasteiger partial charge is 0.305 e. The van der Waals surface area contributed by atoms with Crippen molar-refractivity contribution >= 4 is 11.8 Å². The molecule has 2 rings (SSSR count). The van der Waals surface area contributed by atoms with E-state index in [1.54, 1.807) is 19.1 Å². The minimum Gasteiger partial charge on any atom is -0.469 e. The van der Waals surface area contributed by atoms with Gasteiger partial charge in [0.2, 0.25) is 0 Å². The molecular formula is C21H28O4. The van der Waals surface area contributed by atoms with E-state index in [0.29, 0.717) is 29.6 Å². The number of fused-ring (bicyclic) bond motifs is 1. The number of allylic oxidation sites excluding steroid dienone is 3. The average Bonchev–Trinajstić information content (AvgIpc) is 2.55. The largest absolute Gasteiger partial charge is 0.469 e. The molecule has 0 aliphatic heterocycles. The van der Waals surface area contributed by atoms with Crippen LogP contribution in [0, 0.1) is 11.3 Å². The van der Waals surface area contributed by atoms with E-state index in [9.17, 15) is 14.7 Å². The zero-order chi connectivity index (χ0) is 19.0. The molecule has 0 unspecified atom stereocenters. The van der Waals surface area contributed by atoms with Crippen molar-refractivity contribution in [3.8, 4) is 0 Å². The van der Waals surface area contributed by atoms with Crippen LogP contribution in [0.3, 0.4) is 0 Å². The lowest BCUT2D eigenvalue weighted by molar-refractivity contribution is -0.141. The number of rotatable bonds is 5. The van der Waals surface area contributed by atoms with Crippen molar-refractivity contribution in [1.82, 2.24) is 0 Å². The van der Waals surface area contributed by atoms with Gasteiger partial charge in [-0.1, -0.05) is 31.7 Å². The number of carbonyl (C=O) groups excluding carboxylic acids is 2. The number of esters is 1. The van der Waals surface area contributed by atoms with Crippen LogP contribution in [0.25, 0.3) is 0 Å². The van der Waals surface area contributed by atoms with Gasteiger partial charge in [-0.2, -0.15) is 0 Å². The monoisotopic (exact) mass is 344 g/mol. The molecule has 25 heavy (non-hydrogen) atoms. The van der Waals surface area contributed by atoms with E-state index in [0.717, 1.165) is 12.0 Å². The van der Waals surface area contributed by atoms with Crippen LogP contribution in [-0.4, -0.2) is 29.6 Å². The fourth-order valence-corrected chi connectivity index (χ4v) is 4.60. The van der Waals surface area contributed by atoms with Crippen LogP contribution in [0.4, 0.5) is 0 Å². The number of hydrogen-bond donors (Lipinski definition) is 1. The molecule has 136 valence electrons. The third-order valence-corrected chi connectivity index (χ3v) is 5.99. The number of methoxy groups -OCH3 is 1. The van der Waals surface area contributed by atoms with Crippen LogP contribution >= 0.6 is 0 Å². The first kappa shape index (κ1) is 19.4. The Bertz CT molecular complexity index is 697. The highest BCUT2D eigenvalue weighted by molar-refractivity contribution is 6.07. The molecule has 0 aromatic heterocycles. The number of ketones is 1. The molecule has 0 amide bonds. The summed E-state index contributed by atoms with van der Waals surface area (Å²) in [6, 6.07) is 0. The van der Waals surface area contributed by atoms with E-state index in [-0.39, 0.29) is 24.1 Å². The summed E-state index contributed by atoms with van der Waals surface area (Å²) in [5.41, 5.74) is 1.03. The normalized spacial score (nSPS) is 32.0. The lowest BCUT2D eigenvalue weighted by Crippen LogP contribution is -2.51. The molecule has 1 saturated carbocycles. The van der Waals surface area contributed by atoms with Gasteiger partial charge in [0.25, 0.3) is 0 Å². The number of carbonyl (C=O) groups is 2. The highest BCUT2D eigenvalue weighted by Crippen LogP contribution is 2.57. The summed E-state index contributed by atoms with van der Waals surface area (Å²) in [5, 5.41) is 11.5. The maximum absolute atomic E-state index is 12.5. The van der Waals surface area contributed by atoms with Gasteiger partial charge in [-0.3, -0.25) is 9.59 Å². The summed E-state index contributed by atoms with van der Waals surface area (Å²) in [4.78, 5) is 24.2. The molecule has 0 radical (unpaired) electrons. The molecule has 2 aliphatic carbocycles. The maximum Gasteiger partial charge on any atom is 0.305 e. The number of ether oxygens (including phenoxy) is 1. The van der Waals surface area contributed by atoms with Crippen LogP contribution in [-0.2, 0) is 14.3 Å². The van der Waals surface area contributed by atoms with Crippen molar-refractivity contribution < 1.29 is 19.4 Å². The third-order valence-electron chi connectivity index (χ3n) is 5.99. The first-order valence-electron chi connectivity index (χ1n) is 8.67. The van der Waals surface area contributed by atoms with Gasteiger partial charge >= 0.3 is 5.97 Å². The fraction of sp³-hybridized carbons (Fsp3) is 0.524. The summed E-state index contributed by atoms with van der Waals surface area (Å²) >= 11 is 0. The van der Waals surface area contributed by atoms with E-state index in [4.69, 9.17) is 4.74 Å². The Labute approximate surface area is 149 Å². The molecule has 0 aromatic carbocycles. The van der Waals surface area contributed by atoms with Gasteiger partial charge in [0, 0.05) is 12.0 Å². The second kappa shape index (κ2) is 6.75. The van der Waals surface area contributed by atoms with Crippen LogP contribution in [0.2, 0.25) is 0 Å². The van der Waals surface area contributed by atoms with Crippen LogP contribution < -0.4 is 0 Å². The van der Waals surface area contributed by atoms with Gasteiger partial charge in [-0.15, -0.1) is 0 Å². The molecule has 1 fully saturated rings. The topological polar surface area (TPSA) is 63.6 Å². The van der Waals surface area contributed by atoms with Crippen LogP contribution in [0.15, 0.2) is 47.6 Å². The van der Waals surface area contributed by atoms with Gasteiger partial charge in [0.05, 0.1) is 7.11 Å². The molecule has 0 aromatic rings. The van der Waals surface area contributed by atoms with Crippen molar-refractivity contribution in [2.24, 2.45) is 11.3 Å². The molecule has 0 saturated heterocycles. The first-order chi connectivity index (χ1) is 11.6. The Kier molecular flexibility index (Phi) is 5.24. The van der Waals surface area contributed by atoms with Crippen molar-refractivity contribution in [2.45, 2.75) is 52.1 Å². The molecule has 0 bridgehead atoms. The number of hydrogen-bond acceptors (Lipinski definition) is 4. The SMILES string of the molecule is C=CC1=C(C)C(=O)C=C2[C@@]1(O)CC[C@@H](C(=C)C)[C@@]2(C)CCC(=O)OC. The first-order valence-corrected chi connectivity index (χ1v) is 8.67. The Morgan fingerprint density at radius 2 is 2.16 bits per heavy atom. The van der Waals surface area contributed by atoms with E-state index >= 15 is 0 Å². The Balaban J connectivity index is 2.57. The standard InChI is InChI=1S/C21H28O4/c1-7-15-14(4)17(22)12-18-20(5,10-9-19(23)25-6)16(13(2)3)8-11-21(15,18)24/h7,12,16,24H,1-2,8-11H2,3-6H3/t16-,20+,21+/m0/s1. The zero-order valence-electron chi connectivity index (χ0n) is 15.6. The van der Waals surface area contributed by atoms with Gasteiger partial charge < -0.3 is 9.84 Å². The second-order valence-electron chi connectivity index (χ2n) is 7.46. The molecular weight excluding hydrogens is 316 g/mol. The molecule has 0 spiro atoms. The lowest BCUT2D eigenvalue weighted by Gasteiger charge is -2.53. The highest BCUT2D eigenvalue weighted by atomic mass is 16.5.